The fourth-order valence-corrected chi connectivity index (χ4v) is 2.73. The third-order valence-corrected chi connectivity index (χ3v) is 4.05. The van der Waals surface area contributed by atoms with Gasteiger partial charge in [0.2, 0.25) is 5.91 Å². The van der Waals surface area contributed by atoms with Gasteiger partial charge in [-0.1, -0.05) is 26.2 Å². The van der Waals surface area contributed by atoms with E-state index in [1.165, 1.54) is 32.1 Å². The molecule has 100 valence electrons. The fraction of sp³-hybridized carbons (Fsp3) is 0.500. The maximum absolute atomic E-state index is 12.2. The lowest BCUT2D eigenvalue weighted by Crippen LogP contribution is -2.28. The van der Waals surface area contributed by atoms with E-state index in [-0.39, 0.29) is 11.8 Å². The first kappa shape index (κ1) is 13.6. The number of nitriles is 1. The van der Waals surface area contributed by atoms with Gasteiger partial charge in [-0.15, -0.1) is 0 Å². The topological polar surface area (TPSA) is 52.9 Å². The molecule has 1 fully saturated rings. The van der Waals surface area contributed by atoms with E-state index in [0.29, 0.717) is 11.5 Å². The third-order valence-electron chi connectivity index (χ3n) is 4.05. The number of benzene rings is 1. The van der Waals surface area contributed by atoms with Crippen molar-refractivity contribution in [1.29, 1.82) is 5.26 Å². The van der Waals surface area contributed by atoms with Crippen molar-refractivity contribution in [1.82, 2.24) is 0 Å². The van der Waals surface area contributed by atoms with Crippen LogP contribution in [0.2, 0.25) is 0 Å². The van der Waals surface area contributed by atoms with Crippen LogP contribution in [0.1, 0.15) is 44.6 Å². The van der Waals surface area contributed by atoms with Gasteiger partial charge in [0.25, 0.3) is 0 Å². The molecule has 1 atom stereocenters. The van der Waals surface area contributed by atoms with E-state index in [1.54, 1.807) is 24.3 Å². The van der Waals surface area contributed by atoms with Gasteiger partial charge in [0, 0.05) is 11.6 Å². The second-order valence-electron chi connectivity index (χ2n) is 5.37. The summed E-state index contributed by atoms with van der Waals surface area (Å²) in [7, 11) is 0. The van der Waals surface area contributed by atoms with Crippen LogP contribution in [0, 0.1) is 23.2 Å². The SMILES string of the molecule is CC(C(=O)Nc1ccc(C#N)cc1)C1CCCCC1. The number of hydrogen-bond acceptors (Lipinski definition) is 2. The predicted molar refractivity (Wildman–Crippen MR) is 75.5 cm³/mol. The van der Waals surface area contributed by atoms with Crippen LogP contribution in [-0.2, 0) is 4.79 Å². The van der Waals surface area contributed by atoms with Crippen LogP contribution in [0.4, 0.5) is 5.69 Å². The van der Waals surface area contributed by atoms with Crippen LogP contribution in [0.3, 0.4) is 0 Å². The Bertz CT molecular complexity index is 467. The number of anilines is 1. The first-order valence-electron chi connectivity index (χ1n) is 7.01. The standard InChI is InChI=1S/C16H20N2O/c1-12(14-5-3-2-4-6-14)16(19)18-15-9-7-13(11-17)8-10-15/h7-10,12,14H,2-6H2,1H3,(H,18,19). The molecule has 0 heterocycles. The van der Waals surface area contributed by atoms with E-state index in [9.17, 15) is 4.79 Å². The van der Waals surface area contributed by atoms with Gasteiger partial charge in [-0.3, -0.25) is 4.79 Å². The maximum Gasteiger partial charge on any atom is 0.227 e. The summed E-state index contributed by atoms with van der Waals surface area (Å²) < 4.78 is 0. The highest BCUT2D eigenvalue weighted by Gasteiger charge is 2.25. The lowest BCUT2D eigenvalue weighted by Gasteiger charge is -2.26. The van der Waals surface area contributed by atoms with Crippen LogP contribution < -0.4 is 5.32 Å². The van der Waals surface area contributed by atoms with Gasteiger partial charge >= 0.3 is 0 Å². The molecule has 1 aromatic rings. The van der Waals surface area contributed by atoms with Crippen molar-refractivity contribution in [2.24, 2.45) is 11.8 Å². The molecule has 1 unspecified atom stereocenters. The zero-order valence-corrected chi connectivity index (χ0v) is 11.4. The first-order chi connectivity index (χ1) is 9.20. The Morgan fingerprint density at radius 3 is 2.47 bits per heavy atom. The molecule has 0 aliphatic heterocycles. The summed E-state index contributed by atoms with van der Waals surface area (Å²) in [4.78, 5) is 12.2. The molecule has 0 radical (unpaired) electrons. The number of rotatable bonds is 3. The predicted octanol–water partition coefficient (Wildman–Crippen LogP) is 3.71. The molecule has 1 aliphatic carbocycles. The number of amides is 1. The van der Waals surface area contributed by atoms with Crippen molar-refractivity contribution >= 4 is 11.6 Å². The third kappa shape index (κ3) is 3.57. The minimum absolute atomic E-state index is 0.0657. The van der Waals surface area contributed by atoms with Crippen molar-refractivity contribution in [2.45, 2.75) is 39.0 Å². The molecule has 19 heavy (non-hydrogen) atoms. The molecule has 0 spiro atoms. The quantitative estimate of drug-likeness (QED) is 0.896. The van der Waals surface area contributed by atoms with E-state index in [0.717, 1.165) is 5.69 Å². The Labute approximate surface area is 114 Å². The van der Waals surface area contributed by atoms with E-state index in [4.69, 9.17) is 5.26 Å². The minimum Gasteiger partial charge on any atom is -0.326 e. The number of hydrogen-bond donors (Lipinski definition) is 1. The van der Waals surface area contributed by atoms with Crippen LogP contribution in [0.15, 0.2) is 24.3 Å². The van der Waals surface area contributed by atoms with Gasteiger partial charge in [0.1, 0.15) is 0 Å². The Morgan fingerprint density at radius 2 is 1.89 bits per heavy atom. The molecule has 1 aromatic carbocycles. The molecule has 0 bridgehead atoms. The Balaban J connectivity index is 1.93. The van der Waals surface area contributed by atoms with Crippen molar-refractivity contribution in [3.05, 3.63) is 29.8 Å². The molecule has 1 saturated carbocycles. The minimum atomic E-state index is 0.0657. The summed E-state index contributed by atoms with van der Waals surface area (Å²) >= 11 is 0. The van der Waals surface area contributed by atoms with Gasteiger partial charge in [-0.05, 0) is 43.0 Å². The number of carbonyl (C=O) groups excluding carboxylic acids is 1. The zero-order valence-electron chi connectivity index (χ0n) is 11.4. The van der Waals surface area contributed by atoms with Gasteiger partial charge in [-0.25, -0.2) is 0 Å². The summed E-state index contributed by atoms with van der Waals surface area (Å²) in [5.41, 5.74) is 1.38. The molecule has 2 rings (SSSR count). The number of carbonyl (C=O) groups is 1. The average molecular weight is 256 g/mol. The highest BCUT2D eigenvalue weighted by atomic mass is 16.1. The van der Waals surface area contributed by atoms with Crippen LogP contribution in [-0.4, -0.2) is 5.91 Å². The molecular weight excluding hydrogens is 236 g/mol. The lowest BCUT2D eigenvalue weighted by atomic mass is 9.80. The zero-order chi connectivity index (χ0) is 13.7. The Morgan fingerprint density at radius 1 is 1.26 bits per heavy atom. The van der Waals surface area contributed by atoms with Gasteiger partial charge in [-0.2, -0.15) is 5.26 Å². The molecule has 0 aromatic heterocycles. The van der Waals surface area contributed by atoms with Crippen LogP contribution in [0.5, 0.6) is 0 Å². The summed E-state index contributed by atoms with van der Waals surface area (Å²) in [5.74, 6) is 0.680. The van der Waals surface area contributed by atoms with Crippen LogP contribution >= 0.6 is 0 Å². The highest BCUT2D eigenvalue weighted by Crippen LogP contribution is 2.30. The average Bonchev–Trinajstić information content (AvgIpc) is 2.48. The smallest absolute Gasteiger partial charge is 0.227 e. The van der Waals surface area contributed by atoms with Crippen LogP contribution in [0.25, 0.3) is 0 Å². The maximum atomic E-state index is 12.2. The Kier molecular flexibility index (Phi) is 4.57. The summed E-state index contributed by atoms with van der Waals surface area (Å²) in [6.07, 6.45) is 6.14. The monoisotopic (exact) mass is 256 g/mol. The molecule has 1 N–H and O–H groups in total. The molecule has 1 amide bonds. The summed E-state index contributed by atoms with van der Waals surface area (Å²) in [6.45, 7) is 2.02. The van der Waals surface area contributed by atoms with E-state index < -0.39 is 0 Å². The summed E-state index contributed by atoms with van der Waals surface area (Å²) in [5, 5.41) is 11.7. The van der Waals surface area contributed by atoms with E-state index in [2.05, 4.69) is 11.4 Å². The first-order valence-corrected chi connectivity index (χ1v) is 7.01. The Hall–Kier alpha value is -1.82. The van der Waals surface area contributed by atoms with Gasteiger partial charge in [0.05, 0.1) is 11.6 Å². The summed E-state index contributed by atoms with van der Waals surface area (Å²) in [6, 6.07) is 9.08. The van der Waals surface area contributed by atoms with Gasteiger partial charge in [0.15, 0.2) is 0 Å². The largest absolute Gasteiger partial charge is 0.326 e. The molecular formula is C16H20N2O. The van der Waals surface area contributed by atoms with Gasteiger partial charge < -0.3 is 5.32 Å². The second-order valence-corrected chi connectivity index (χ2v) is 5.37. The molecule has 1 aliphatic rings. The van der Waals surface area contributed by atoms with Crippen molar-refractivity contribution in [3.8, 4) is 6.07 Å². The normalized spacial score (nSPS) is 17.5. The van der Waals surface area contributed by atoms with Crippen molar-refractivity contribution in [2.75, 3.05) is 5.32 Å². The lowest BCUT2D eigenvalue weighted by molar-refractivity contribution is -0.121. The number of nitrogens with one attached hydrogen (secondary N) is 1. The van der Waals surface area contributed by atoms with E-state index in [1.807, 2.05) is 6.92 Å². The molecule has 3 nitrogen and oxygen atoms in total. The van der Waals surface area contributed by atoms with Crippen molar-refractivity contribution in [3.63, 3.8) is 0 Å². The number of nitrogens with zero attached hydrogens (tertiary/aromatic N) is 1. The fourth-order valence-electron chi connectivity index (χ4n) is 2.73. The second kappa shape index (κ2) is 6.38. The highest BCUT2D eigenvalue weighted by molar-refractivity contribution is 5.92. The van der Waals surface area contributed by atoms with Crippen molar-refractivity contribution < 1.29 is 4.79 Å². The van der Waals surface area contributed by atoms with E-state index >= 15 is 0 Å². The molecule has 0 saturated heterocycles. The molecule has 3 heteroatoms.